The number of ether oxygens (including phenoxy) is 2. The summed E-state index contributed by atoms with van der Waals surface area (Å²) >= 11 is 0. The molecule has 0 saturated carbocycles. The quantitative estimate of drug-likeness (QED) is 0.409. The highest BCUT2D eigenvalue weighted by Gasteiger charge is 2.44. The van der Waals surface area contributed by atoms with Crippen LogP contribution >= 0.6 is 0 Å². The molecule has 0 bridgehead atoms. The summed E-state index contributed by atoms with van der Waals surface area (Å²) < 4.78 is 13.4. The van der Waals surface area contributed by atoms with E-state index in [1.807, 2.05) is 55.5 Å². The standard InChI is InChI=1S/C28H26N4O3/c1-16-7-5-6-8-19(16)25-30-26-24-22(17-9-11-18(34-4)12-10-17)23-20(33)13-28(2,3)14-21(23)35-27(24)29-15-32(26)31-25/h5-12,15,22H,13-14H2,1-4H3. The molecular formula is C28H26N4O3. The van der Waals surface area contributed by atoms with Gasteiger partial charge in [0.05, 0.1) is 12.7 Å². The van der Waals surface area contributed by atoms with Gasteiger partial charge < -0.3 is 9.47 Å². The Morgan fingerprint density at radius 2 is 1.86 bits per heavy atom. The summed E-state index contributed by atoms with van der Waals surface area (Å²) in [6, 6.07) is 15.8. The van der Waals surface area contributed by atoms with Gasteiger partial charge in [-0.2, -0.15) is 0 Å². The van der Waals surface area contributed by atoms with Crippen LogP contribution < -0.4 is 9.47 Å². The predicted molar refractivity (Wildman–Crippen MR) is 131 cm³/mol. The first kappa shape index (κ1) is 21.5. The molecule has 0 amide bonds. The predicted octanol–water partition coefficient (Wildman–Crippen LogP) is 5.28. The van der Waals surface area contributed by atoms with Crippen LogP contribution in [0.1, 0.15) is 49.3 Å². The molecule has 4 aromatic rings. The van der Waals surface area contributed by atoms with Gasteiger partial charge in [0.15, 0.2) is 17.3 Å². The van der Waals surface area contributed by atoms with Gasteiger partial charge in [-0.15, -0.1) is 5.10 Å². The molecule has 2 aliphatic rings. The van der Waals surface area contributed by atoms with Crippen LogP contribution in [0.5, 0.6) is 11.6 Å². The molecule has 0 radical (unpaired) electrons. The molecule has 1 unspecified atom stereocenters. The molecule has 0 saturated heterocycles. The van der Waals surface area contributed by atoms with E-state index < -0.39 is 0 Å². The van der Waals surface area contributed by atoms with Gasteiger partial charge in [-0.3, -0.25) is 4.79 Å². The summed E-state index contributed by atoms with van der Waals surface area (Å²) in [5.74, 6) is 2.30. The Bertz CT molecular complexity index is 1520. The minimum Gasteiger partial charge on any atom is -0.497 e. The fourth-order valence-corrected chi connectivity index (χ4v) is 5.21. The number of ketones is 1. The fourth-order valence-electron chi connectivity index (χ4n) is 5.21. The molecule has 7 heteroatoms. The first-order chi connectivity index (χ1) is 16.8. The molecular weight excluding hydrogens is 440 g/mol. The van der Waals surface area contributed by atoms with Crippen molar-refractivity contribution in [1.29, 1.82) is 0 Å². The average Bonchev–Trinajstić information content (AvgIpc) is 3.26. The van der Waals surface area contributed by atoms with Crippen LogP contribution in [0.4, 0.5) is 0 Å². The SMILES string of the molecule is COc1ccc(C2C3=C(CC(C)(C)CC3=O)Oc3ncn4nc(-c5ccccc5C)nc4c32)cc1. The van der Waals surface area contributed by atoms with E-state index in [0.29, 0.717) is 41.5 Å². The van der Waals surface area contributed by atoms with Gasteiger partial charge in [-0.1, -0.05) is 50.2 Å². The molecule has 3 heterocycles. The van der Waals surface area contributed by atoms with E-state index in [2.05, 4.69) is 18.8 Å². The number of aryl methyl sites for hydroxylation is 1. The number of hydrogen-bond acceptors (Lipinski definition) is 6. The smallest absolute Gasteiger partial charge is 0.228 e. The van der Waals surface area contributed by atoms with Gasteiger partial charge in [0.25, 0.3) is 0 Å². The van der Waals surface area contributed by atoms with Crippen LogP contribution in [0.15, 0.2) is 66.2 Å². The molecule has 0 N–H and O–H groups in total. The van der Waals surface area contributed by atoms with Crippen LogP contribution in [0.3, 0.4) is 0 Å². The highest BCUT2D eigenvalue weighted by molar-refractivity contribution is 6.00. The minimum atomic E-state index is -0.353. The van der Waals surface area contributed by atoms with Crippen molar-refractivity contribution in [2.24, 2.45) is 5.41 Å². The van der Waals surface area contributed by atoms with Crippen LogP contribution in [-0.4, -0.2) is 32.5 Å². The summed E-state index contributed by atoms with van der Waals surface area (Å²) in [5, 5.41) is 4.72. The molecule has 1 aliphatic heterocycles. The van der Waals surface area contributed by atoms with E-state index in [0.717, 1.165) is 28.0 Å². The van der Waals surface area contributed by atoms with Gasteiger partial charge in [0.1, 0.15) is 17.8 Å². The first-order valence-electron chi connectivity index (χ1n) is 11.7. The number of Topliss-reactive ketones (excluding diaryl/α,β-unsaturated/α-hetero) is 1. The third kappa shape index (κ3) is 3.50. The molecule has 35 heavy (non-hydrogen) atoms. The number of nitrogens with zero attached hydrogens (tertiary/aromatic N) is 4. The number of carbonyl (C=O) groups is 1. The van der Waals surface area contributed by atoms with E-state index in [9.17, 15) is 4.79 Å². The number of hydrogen-bond donors (Lipinski definition) is 0. The van der Waals surface area contributed by atoms with Gasteiger partial charge in [-0.25, -0.2) is 14.5 Å². The second-order valence-electron chi connectivity index (χ2n) is 10.1. The monoisotopic (exact) mass is 466 g/mol. The highest BCUT2D eigenvalue weighted by Crippen LogP contribution is 2.50. The normalized spacial score (nSPS) is 18.7. The van der Waals surface area contributed by atoms with Crippen molar-refractivity contribution in [3.63, 3.8) is 0 Å². The Kier molecular flexibility index (Phi) is 4.78. The second kappa shape index (κ2) is 7.77. The van der Waals surface area contributed by atoms with Crippen molar-refractivity contribution in [2.45, 2.75) is 39.5 Å². The van der Waals surface area contributed by atoms with Crippen molar-refractivity contribution in [2.75, 3.05) is 7.11 Å². The van der Waals surface area contributed by atoms with Crippen LogP contribution in [0.2, 0.25) is 0 Å². The molecule has 1 aliphatic carbocycles. The molecule has 176 valence electrons. The largest absolute Gasteiger partial charge is 0.497 e. The number of carbonyl (C=O) groups excluding carboxylic acids is 1. The molecule has 2 aromatic heterocycles. The van der Waals surface area contributed by atoms with E-state index in [1.54, 1.807) is 18.0 Å². The maximum absolute atomic E-state index is 13.5. The van der Waals surface area contributed by atoms with E-state index in [1.165, 1.54) is 0 Å². The lowest BCUT2D eigenvalue weighted by atomic mass is 9.70. The molecule has 2 aromatic carbocycles. The highest BCUT2D eigenvalue weighted by atomic mass is 16.5. The van der Waals surface area contributed by atoms with Crippen molar-refractivity contribution < 1.29 is 14.3 Å². The van der Waals surface area contributed by atoms with Crippen LogP contribution in [-0.2, 0) is 4.79 Å². The second-order valence-corrected chi connectivity index (χ2v) is 10.1. The summed E-state index contributed by atoms with van der Waals surface area (Å²) in [5.41, 5.74) is 4.93. The number of allylic oxidation sites excluding steroid dienone is 2. The Labute approximate surface area is 203 Å². The first-order valence-corrected chi connectivity index (χ1v) is 11.7. The Morgan fingerprint density at radius 3 is 2.60 bits per heavy atom. The number of benzene rings is 2. The molecule has 0 spiro atoms. The summed E-state index contributed by atoms with van der Waals surface area (Å²) in [6.45, 7) is 6.23. The Balaban J connectivity index is 1.60. The number of methoxy groups -OCH3 is 1. The summed E-state index contributed by atoms with van der Waals surface area (Å²) in [4.78, 5) is 23.1. The number of rotatable bonds is 3. The summed E-state index contributed by atoms with van der Waals surface area (Å²) in [6.07, 6.45) is 2.78. The van der Waals surface area contributed by atoms with Gasteiger partial charge in [0, 0.05) is 29.9 Å². The average molecular weight is 467 g/mol. The number of fused-ring (bicyclic) bond motifs is 3. The maximum atomic E-state index is 13.5. The topological polar surface area (TPSA) is 78.6 Å². The molecule has 1 atom stereocenters. The minimum absolute atomic E-state index is 0.100. The Hall–Kier alpha value is -4.00. The zero-order valence-corrected chi connectivity index (χ0v) is 20.2. The molecule has 0 fully saturated rings. The van der Waals surface area contributed by atoms with Crippen molar-refractivity contribution in [1.82, 2.24) is 19.6 Å². The third-order valence-corrected chi connectivity index (χ3v) is 6.90. The van der Waals surface area contributed by atoms with Crippen molar-refractivity contribution in [3.05, 3.63) is 82.9 Å². The summed E-state index contributed by atoms with van der Waals surface area (Å²) in [7, 11) is 1.64. The lowest BCUT2D eigenvalue weighted by Gasteiger charge is -2.37. The van der Waals surface area contributed by atoms with E-state index in [-0.39, 0.29) is 17.1 Å². The van der Waals surface area contributed by atoms with Crippen molar-refractivity contribution in [3.8, 4) is 23.0 Å². The lowest BCUT2D eigenvalue weighted by molar-refractivity contribution is -0.118. The lowest BCUT2D eigenvalue weighted by Crippen LogP contribution is -2.33. The Morgan fingerprint density at radius 1 is 1.09 bits per heavy atom. The van der Waals surface area contributed by atoms with Gasteiger partial charge >= 0.3 is 0 Å². The number of aromatic nitrogens is 4. The zero-order chi connectivity index (χ0) is 24.3. The van der Waals surface area contributed by atoms with Crippen molar-refractivity contribution >= 4 is 11.4 Å². The van der Waals surface area contributed by atoms with Crippen LogP contribution in [0.25, 0.3) is 17.0 Å². The third-order valence-electron chi connectivity index (χ3n) is 6.90. The fraction of sp³-hybridized carbons (Fsp3) is 0.286. The van der Waals surface area contributed by atoms with Gasteiger partial charge in [-0.05, 0) is 35.6 Å². The van der Waals surface area contributed by atoms with E-state index in [4.69, 9.17) is 19.6 Å². The molecule has 7 nitrogen and oxygen atoms in total. The zero-order valence-electron chi connectivity index (χ0n) is 20.2. The van der Waals surface area contributed by atoms with E-state index >= 15 is 0 Å². The van der Waals surface area contributed by atoms with Crippen LogP contribution in [0, 0.1) is 12.3 Å². The molecule has 6 rings (SSSR count). The maximum Gasteiger partial charge on any atom is 0.228 e. The van der Waals surface area contributed by atoms with Gasteiger partial charge in [0.2, 0.25) is 5.88 Å².